The number of aliphatic carboxylic acids is 2. The topological polar surface area (TPSA) is 222 Å². The Morgan fingerprint density at radius 1 is 1.20 bits per heavy atom. The molecule has 0 saturated heterocycles. The van der Waals surface area contributed by atoms with Gasteiger partial charge in [-0.25, -0.2) is 0 Å². The number of nitrogens with two attached hydrogens (primary N) is 1. The number of nitro groups is 1. The van der Waals surface area contributed by atoms with Crippen LogP contribution in [0.25, 0.3) is 0 Å². The summed E-state index contributed by atoms with van der Waals surface area (Å²) < 4.78 is 0. The molecule has 16 heteroatoms. The number of nitrogens with one attached hydrogen (secondary N) is 2. The second-order valence-corrected chi connectivity index (χ2v) is 9.63. The monoisotopic (exact) mass is 531 g/mol. The van der Waals surface area contributed by atoms with Crippen LogP contribution in [0.3, 0.4) is 0 Å². The highest BCUT2D eigenvalue weighted by Crippen LogP contribution is 2.34. The van der Waals surface area contributed by atoms with Gasteiger partial charge in [-0.1, -0.05) is 21.6 Å². The minimum atomic E-state index is -1.29. The van der Waals surface area contributed by atoms with Crippen LogP contribution in [-0.4, -0.2) is 88.2 Å². The number of rotatable bonds is 14. The van der Waals surface area contributed by atoms with Gasteiger partial charge in [-0.15, -0.1) is 0 Å². The lowest BCUT2D eigenvalue weighted by Crippen LogP contribution is -2.49. The minimum Gasteiger partial charge on any atom is -0.480 e. The molecular weight excluding hydrogens is 506 g/mol. The molecule has 35 heavy (non-hydrogen) atoms. The Balaban J connectivity index is 2.89. The zero-order chi connectivity index (χ0) is 26.7. The lowest BCUT2D eigenvalue weighted by atomic mass is 10.1. The molecule has 0 unspecified atom stereocenters. The van der Waals surface area contributed by atoms with Crippen LogP contribution in [0.1, 0.15) is 23.2 Å². The van der Waals surface area contributed by atoms with Crippen molar-refractivity contribution in [2.24, 2.45) is 5.73 Å². The van der Waals surface area contributed by atoms with Crippen molar-refractivity contribution < 1.29 is 39.1 Å². The van der Waals surface area contributed by atoms with Crippen LogP contribution < -0.4 is 16.4 Å². The minimum absolute atomic E-state index is 0.0409. The molecule has 0 aliphatic rings. The number of carboxylic acids is 2. The van der Waals surface area contributed by atoms with Gasteiger partial charge >= 0.3 is 11.9 Å². The summed E-state index contributed by atoms with van der Waals surface area (Å²) >= 11 is 0. The van der Waals surface area contributed by atoms with E-state index in [0.717, 1.165) is 21.6 Å². The second kappa shape index (κ2) is 14.1. The molecule has 0 spiro atoms. The average molecular weight is 532 g/mol. The van der Waals surface area contributed by atoms with E-state index in [1.165, 1.54) is 37.2 Å². The van der Waals surface area contributed by atoms with Crippen molar-refractivity contribution in [3.63, 3.8) is 0 Å². The highest BCUT2D eigenvalue weighted by atomic mass is 33.1. The molecule has 14 nitrogen and oxygen atoms in total. The van der Waals surface area contributed by atoms with E-state index in [0.29, 0.717) is 4.90 Å². The van der Waals surface area contributed by atoms with E-state index < -0.39 is 53.2 Å². The van der Waals surface area contributed by atoms with Crippen LogP contribution in [0, 0.1) is 10.1 Å². The normalized spacial score (nSPS) is 12.2. The van der Waals surface area contributed by atoms with Crippen LogP contribution in [0.4, 0.5) is 5.69 Å². The van der Waals surface area contributed by atoms with Crippen LogP contribution in [0.5, 0.6) is 0 Å². The predicted molar refractivity (Wildman–Crippen MR) is 127 cm³/mol. The number of carboxylic acid groups (broad SMARTS) is 2. The van der Waals surface area contributed by atoms with Crippen molar-refractivity contribution in [2.45, 2.75) is 29.8 Å². The standard InChI is InChI=1S/C19H25N5O9S2/c1-23(2)18(29)11-7-10(3-5-14(11)24(32)33)35-34-9-13(17(28)21-8-16(26)27)22-15(25)6-4-12(20)19(30)31/h3,5,7,12-13H,4,6,8-9,20H2,1-2H3,(H,21,28)(H,22,25)(H,26,27)(H,30,31)/t12-,13-/m0/s1. The molecular formula is C19H25N5O9S2. The van der Waals surface area contributed by atoms with Gasteiger partial charge in [0.1, 0.15) is 24.2 Å². The van der Waals surface area contributed by atoms with E-state index in [2.05, 4.69) is 10.6 Å². The molecule has 0 saturated carbocycles. The summed E-state index contributed by atoms with van der Waals surface area (Å²) in [6, 6.07) is 1.52. The largest absolute Gasteiger partial charge is 0.480 e. The fourth-order valence-corrected chi connectivity index (χ4v) is 4.65. The SMILES string of the molecule is CN(C)C(=O)c1cc(SSC[C@H](NC(=O)CC[C@H](N)C(=O)O)C(=O)NCC(=O)O)ccc1[N+](=O)[O-]. The van der Waals surface area contributed by atoms with Crippen LogP contribution in [0.15, 0.2) is 23.1 Å². The quantitative estimate of drug-likeness (QED) is 0.121. The van der Waals surface area contributed by atoms with Gasteiger partial charge in [0.25, 0.3) is 11.6 Å². The Kier molecular flexibility index (Phi) is 12.0. The van der Waals surface area contributed by atoms with Crippen LogP contribution in [-0.2, 0) is 19.2 Å². The summed E-state index contributed by atoms with van der Waals surface area (Å²) in [5.41, 5.74) is 4.88. The molecule has 2 atom stereocenters. The molecule has 6 N–H and O–H groups in total. The Hall–Kier alpha value is -3.37. The Bertz CT molecular complexity index is 989. The third kappa shape index (κ3) is 10.2. The molecule has 1 rings (SSSR count). The van der Waals surface area contributed by atoms with E-state index in [4.69, 9.17) is 15.9 Å². The van der Waals surface area contributed by atoms with Crippen molar-refractivity contribution in [2.75, 3.05) is 26.4 Å². The third-order valence-corrected chi connectivity index (χ3v) is 6.63. The van der Waals surface area contributed by atoms with Crippen LogP contribution in [0.2, 0.25) is 0 Å². The maximum atomic E-state index is 12.4. The molecule has 1 aromatic carbocycles. The fraction of sp³-hybridized carbons (Fsp3) is 0.421. The predicted octanol–water partition coefficient (Wildman–Crippen LogP) is -0.0854. The van der Waals surface area contributed by atoms with Crippen molar-refractivity contribution in [3.8, 4) is 0 Å². The summed E-state index contributed by atoms with van der Waals surface area (Å²) in [4.78, 5) is 70.6. The average Bonchev–Trinajstić information content (AvgIpc) is 2.79. The number of carbonyl (C=O) groups excluding carboxylic acids is 3. The molecule has 0 aliphatic carbocycles. The number of amides is 3. The van der Waals surface area contributed by atoms with Gasteiger partial charge in [-0.05, 0) is 18.6 Å². The molecule has 3 amide bonds. The molecule has 0 bridgehead atoms. The number of nitro benzene ring substituents is 1. The third-order valence-electron chi connectivity index (χ3n) is 4.26. The summed E-state index contributed by atoms with van der Waals surface area (Å²) in [5.74, 6) is -4.61. The summed E-state index contributed by atoms with van der Waals surface area (Å²) in [6.45, 7) is -0.675. The lowest BCUT2D eigenvalue weighted by molar-refractivity contribution is -0.385. The summed E-state index contributed by atoms with van der Waals surface area (Å²) in [5, 5.41) is 33.4. The smallest absolute Gasteiger partial charge is 0.322 e. The number of benzene rings is 1. The maximum Gasteiger partial charge on any atom is 0.322 e. The van der Waals surface area contributed by atoms with Gasteiger partial charge in [0.15, 0.2) is 0 Å². The summed E-state index contributed by atoms with van der Waals surface area (Å²) in [7, 11) is 5.06. The highest BCUT2D eigenvalue weighted by molar-refractivity contribution is 8.76. The molecule has 0 aliphatic heterocycles. The molecule has 0 fully saturated rings. The lowest BCUT2D eigenvalue weighted by Gasteiger charge is -2.18. The van der Waals surface area contributed by atoms with Gasteiger partial charge < -0.3 is 31.5 Å². The van der Waals surface area contributed by atoms with Gasteiger partial charge in [0.2, 0.25) is 11.8 Å². The first-order valence-corrected chi connectivity index (χ1v) is 12.2. The first-order chi connectivity index (χ1) is 16.3. The van der Waals surface area contributed by atoms with E-state index in [1.807, 2.05) is 0 Å². The van der Waals surface area contributed by atoms with Crippen molar-refractivity contribution in [1.82, 2.24) is 15.5 Å². The van der Waals surface area contributed by atoms with Crippen molar-refractivity contribution in [1.29, 1.82) is 0 Å². The Morgan fingerprint density at radius 3 is 2.40 bits per heavy atom. The first kappa shape index (κ1) is 29.7. The molecule has 0 heterocycles. The zero-order valence-corrected chi connectivity index (χ0v) is 20.4. The number of hydrogen-bond donors (Lipinski definition) is 5. The number of nitrogens with zero attached hydrogens (tertiary/aromatic N) is 2. The van der Waals surface area contributed by atoms with E-state index in [-0.39, 0.29) is 29.8 Å². The Morgan fingerprint density at radius 2 is 1.86 bits per heavy atom. The van der Waals surface area contributed by atoms with Gasteiger partial charge in [0.05, 0.1) is 4.92 Å². The van der Waals surface area contributed by atoms with E-state index in [9.17, 15) is 34.1 Å². The van der Waals surface area contributed by atoms with Gasteiger partial charge in [0, 0.05) is 37.2 Å². The second-order valence-electron chi connectivity index (χ2n) is 7.22. The fourth-order valence-electron chi connectivity index (χ4n) is 2.45. The van der Waals surface area contributed by atoms with E-state index >= 15 is 0 Å². The summed E-state index contributed by atoms with van der Waals surface area (Å²) in [6.07, 6.45) is -0.440. The van der Waals surface area contributed by atoms with Crippen molar-refractivity contribution >= 4 is 56.9 Å². The molecule has 0 aromatic heterocycles. The van der Waals surface area contributed by atoms with Gasteiger partial charge in [-0.3, -0.25) is 34.1 Å². The number of carbonyl (C=O) groups is 5. The maximum absolute atomic E-state index is 12.4. The van der Waals surface area contributed by atoms with E-state index in [1.54, 1.807) is 0 Å². The zero-order valence-electron chi connectivity index (χ0n) is 18.8. The van der Waals surface area contributed by atoms with Crippen LogP contribution >= 0.6 is 21.6 Å². The van der Waals surface area contributed by atoms with Gasteiger partial charge in [-0.2, -0.15) is 0 Å². The highest BCUT2D eigenvalue weighted by Gasteiger charge is 2.24. The Labute approximate surface area is 207 Å². The number of hydrogen-bond acceptors (Lipinski definition) is 10. The molecule has 192 valence electrons. The first-order valence-electron chi connectivity index (χ1n) is 9.90. The molecule has 0 radical (unpaired) electrons. The molecule has 1 aromatic rings. The van der Waals surface area contributed by atoms with Crippen molar-refractivity contribution in [3.05, 3.63) is 33.9 Å².